The van der Waals surface area contributed by atoms with E-state index in [9.17, 15) is 9.90 Å². The lowest BCUT2D eigenvalue weighted by molar-refractivity contribution is -0.138. The van der Waals surface area contributed by atoms with Crippen LogP contribution in [0.1, 0.15) is 25.5 Å². The van der Waals surface area contributed by atoms with Gasteiger partial charge in [-0.1, -0.05) is 30.3 Å². The normalized spacial score (nSPS) is 12.0. The van der Waals surface area contributed by atoms with E-state index in [-0.39, 0.29) is 6.10 Å². The van der Waals surface area contributed by atoms with Crippen molar-refractivity contribution in [1.82, 2.24) is 9.97 Å². The molecule has 1 aromatic carbocycles. The molecule has 0 bridgehead atoms. The van der Waals surface area contributed by atoms with Gasteiger partial charge in [-0.2, -0.15) is 4.98 Å². The molecule has 1 heterocycles. The van der Waals surface area contributed by atoms with Crippen molar-refractivity contribution in [2.45, 2.75) is 26.0 Å². The van der Waals surface area contributed by atoms with E-state index >= 15 is 0 Å². The molecule has 21 heavy (non-hydrogen) atoms. The second-order valence-corrected chi connectivity index (χ2v) is 4.74. The number of nitrogens with zero attached hydrogens (tertiary/aromatic N) is 2. The number of rotatable bonds is 6. The van der Waals surface area contributed by atoms with Gasteiger partial charge in [0.2, 0.25) is 5.88 Å². The van der Waals surface area contributed by atoms with Crippen molar-refractivity contribution >= 4 is 11.8 Å². The Morgan fingerprint density at radius 1 is 1.24 bits per heavy atom. The number of aliphatic carboxylic acids is 1. The van der Waals surface area contributed by atoms with Gasteiger partial charge in [-0.3, -0.25) is 4.98 Å². The highest BCUT2D eigenvalue weighted by Crippen LogP contribution is 2.19. The van der Waals surface area contributed by atoms with Crippen LogP contribution in [0.5, 0.6) is 5.88 Å². The zero-order chi connectivity index (χ0) is 15.2. The van der Waals surface area contributed by atoms with Crippen molar-refractivity contribution in [3.8, 4) is 5.88 Å². The first-order valence-electron chi connectivity index (χ1n) is 6.59. The lowest BCUT2D eigenvalue weighted by atomic mass is 10.1. The molecule has 110 valence electrons. The minimum absolute atomic E-state index is 0.0288. The molecule has 1 unspecified atom stereocenters. The molecule has 1 aromatic heterocycles. The number of anilines is 1. The number of ether oxygens (including phenoxy) is 1. The van der Waals surface area contributed by atoms with Gasteiger partial charge in [0.1, 0.15) is 5.82 Å². The number of aromatic nitrogens is 2. The average Bonchev–Trinajstić information content (AvgIpc) is 2.45. The summed E-state index contributed by atoms with van der Waals surface area (Å²) in [7, 11) is 0. The van der Waals surface area contributed by atoms with Gasteiger partial charge in [-0.15, -0.1) is 0 Å². The van der Waals surface area contributed by atoms with Crippen molar-refractivity contribution in [3.05, 3.63) is 48.3 Å². The predicted octanol–water partition coefficient (Wildman–Crippen LogP) is 2.50. The number of hydrogen-bond acceptors (Lipinski definition) is 5. The fourth-order valence-electron chi connectivity index (χ4n) is 1.80. The first-order valence-corrected chi connectivity index (χ1v) is 6.59. The van der Waals surface area contributed by atoms with Crippen LogP contribution >= 0.6 is 0 Å². The molecular formula is C15H17N3O3. The van der Waals surface area contributed by atoms with Crippen molar-refractivity contribution in [3.63, 3.8) is 0 Å². The standard InChI is InChI=1S/C15H17N3O3/c1-10(2)21-13-9-16-8-12(17-13)18-14(15(19)20)11-6-4-3-5-7-11/h3-10,14H,1-2H3,(H,17,18)(H,19,20). The third-order valence-electron chi connectivity index (χ3n) is 2.64. The maximum Gasteiger partial charge on any atom is 0.330 e. The van der Waals surface area contributed by atoms with E-state index in [1.165, 1.54) is 12.4 Å². The van der Waals surface area contributed by atoms with E-state index in [0.717, 1.165) is 0 Å². The molecule has 1 atom stereocenters. The van der Waals surface area contributed by atoms with Crippen LogP contribution in [0.25, 0.3) is 0 Å². The number of carboxylic acid groups (broad SMARTS) is 1. The molecule has 0 saturated heterocycles. The summed E-state index contributed by atoms with van der Waals surface area (Å²) in [6.45, 7) is 3.76. The van der Waals surface area contributed by atoms with Gasteiger partial charge in [0.05, 0.1) is 18.5 Å². The maximum atomic E-state index is 11.4. The van der Waals surface area contributed by atoms with Crippen LogP contribution in [0.3, 0.4) is 0 Å². The molecule has 0 radical (unpaired) electrons. The van der Waals surface area contributed by atoms with E-state index in [0.29, 0.717) is 17.3 Å². The summed E-state index contributed by atoms with van der Waals surface area (Å²) < 4.78 is 5.44. The molecule has 2 N–H and O–H groups in total. The van der Waals surface area contributed by atoms with Crippen LogP contribution in [0, 0.1) is 0 Å². The lowest BCUT2D eigenvalue weighted by Gasteiger charge is -2.16. The molecule has 0 saturated carbocycles. The van der Waals surface area contributed by atoms with E-state index < -0.39 is 12.0 Å². The van der Waals surface area contributed by atoms with E-state index in [4.69, 9.17) is 4.74 Å². The van der Waals surface area contributed by atoms with Crippen LogP contribution in [-0.4, -0.2) is 27.1 Å². The van der Waals surface area contributed by atoms with Gasteiger partial charge in [0.15, 0.2) is 6.04 Å². The molecule has 0 spiro atoms. The summed E-state index contributed by atoms with van der Waals surface area (Å²) in [5.41, 5.74) is 0.641. The largest absolute Gasteiger partial charge is 0.479 e. The van der Waals surface area contributed by atoms with E-state index in [1.54, 1.807) is 24.3 Å². The van der Waals surface area contributed by atoms with Gasteiger partial charge in [0.25, 0.3) is 0 Å². The highest BCUT2D eigenvalue weighted by atomic mass is 16.5. The van der Waals surface area contributed by atoms with Crippen LogP contribution in [0.2, 0.25) is 0 Å². The minimum atomic E-state index is -0.988. The molecule has 6 nitrogen and oxygen atoms in total. The topological polar surface area (TPSA) is 84.3 Å². The van der Waals surface area contributed by atoms with Gasteiger partial charge in [-0.25, -0.2) is 4.79 Å². The lowest BCUT2D eigenvalue weighted by Crippen LogP contribution is -2.21. The predicted molar refractivity (Wildman–Crippen MR) is 78.2 cm³/mol. The first kappa shape index (κ1) is 14.8. The fourth-order valence-corrected chi connectivity index (χ4v) is 1.80. The summed E-state index contributed by atoms with van der Waals surface area (Å²) in [4.78, 5) is 19.6. The van der Waals surface area contributed by atoms with E-state index in [2.05, 4.69) is 15.3 Å². The Morgan fingerprint density at radius 3 is 2.57 bits per heavy atom. The molecule has 0 amide bonds. The molecule has 0 aliphatic heterocycles. The first-order chi connectivity index (χ1) is 10.1. The summed E-state index contributed by atoms with van der Waals surface area (Å²) in [6.07, 6.45) is 2.93. The van der Waals surface area contributed by atoms with Crippen molar-refractivity contribution in [2.75, 3.05) is 5.32 Å². The molecule has 0 aliphatic rings. The Bertz CT molecular complexity index is 602. The Hall–Kier alpha value is -2.63. The van der Waals surface area contributed by atoms with Crippen LogP contribution in [-0.2, 0) is 4.79 Å². The smallest absolute Gasteiger partial charge is 0.330 e. The molecule has 6 heteroatoms. The average molecular weight is 287 g/mol. The fraction of sp³-hybridized carbons (Fsp3) is 0.267. The van der Waals surface area contributed by atoms with Gasteiger partial charge in [-0.05, 0) is 19.4 Å². The molecule has 0 fully saturated rings. The second kappa shape index (κ2) is 6.69. The number of carbonyl (C=O) groups is 1. The van der Waals surface area contributed by atoms with Crippen LogP contribution in [0.15, 0.2) is 42.7 Å². The third-order valence-corrected chi connectivity index (χ3v) is 2.64. The quantitative estimate of drug-likeness (QED) is 0.849. The molecule has 2 aromatic rings. The summed E-state index contributed by atoms with van der Waals surface area (Å²) in [5.74, 6) is -0.283. The summed E-state index contributed by atoms with van der Waals surface area (Å²) in [6, 6.07) is 8.00. The summed E-state index contributed by atoms with van der Waals surface area (Å²) >= 11 is 0. The van der Waals surface area contributed by atoms with Gasteiger partial charge >= 0.3 is 5.97 Å². The second-order valence-electron chi connectivity index (χ2n) is 4.74. The Labute approximate surface area is 122 Å². The molecule has 0 aliphatic carbocycles. The zero-order valence-electron chi connectivity index (χ0n) is 11.9. The minimum Gasteiger partial charge on any atom is -0.479 e. The maximum absolute atomic E-state index is 11.4. The number of carboxylic acids is 1. The molecular weight excluding hydrogens is 270 g/mol. The Morgan fingerprint density at radius 2 is 1.95 bits per heavy atom. The van der Waals surface area contributed by atoms with Gasteiger partial charge in [0, 0.05) is 0 Å². The zero-order valence-corrected chi connectivity index (χ0v) is 11.9. The van der Waals surface area contributed by atoms with Crippen LogP contribution in [0.4, 0.5) is 5.82 Å². The summed E-state index contributed by atoms with van der Waals surface area (Å²) in [5, 5.41) is 12.2. The Kier molecular flexibility index (Phi) is 4.71. The third kappa shape index (κ3) is 4.17. The Balaban J connectivity index is 2.20. The number of nitrogens with one attached hydrogen (secondary N) is 1. The molecule has 2 rings (SSSR count). The van der Waals surface area contributed by atoms with Crippen molar-refractivity contribution < 1.29 is 14.6 Å². The number of hydrogen-bond donors (Lipinski definition) is 2. The van der Waals surface area contributed by atoms with Crippen molar-refractivity contribution in [2.24, 2.45) is 0 Å². The van der Waals surface area contributed by atoms with Gasteiger partial charge < -0.3 is 15.2 Å². The monoisotopic (exact) mass is 287 g/mol. The van der Waals surface area contributed by atoms with E-state index in [1.807, 2.05) is 19.9 Å². The van der Waals surface area contributed by atoms with Crippen LogP contribution < -0.4 is 10.1 Å². The number of benzene rings is 1. The highest BCUT2D eigenvalue weighted by Gasteiger charge is 2.20. The van der Waals surface area contributed by atoms with Crippen molar-refractivity contribution in [1.29, 1.82) is 0 Å². The highest BCUT2D eigenvalue weighted by molar-refractivity contribution is 5.78. The SMILES string of the molecule is CC(C)Oc1cncc(NC(C(=O)O)c2ccccc2)n1.